The fourth-order valence-corrected chi connectivity index (χ4v) is 2.30. The Hall–Kier alpha value is -1.71. The average molecular weight is 231 g/mol. The lowest BCUT2D eigenvalue weighted by Gasteiger charge is -1.99. The van der Waals surface area contributed by atoms with Crippen molar-refractivity contribution in [2.75, 3.05) is 0 Å². The van der Waals surface area contributed by atoms with Gasteiger partial charge in [0.15, 0.2) is 5.82 Å². The number of aromatic nitrogens is 3. The maximum absolute atomic E-state index is 14.3. The molecule has 2 aromatic rings. The van der Waals surface area contributed by atoms with Gasteiger partial charge in [-0.3, -0.25) is 9.67 Å². The van der Waals surface area contributed by atoms with Crippen LogP contribution in [0.3, 0.4) is 0 Å². The van der Waals surface area contributed by atoms with E-state index in [0.29, 0.717) is 11.4 Å². The number of halogens is 1. The third-order valence-corrected chi connectivity index (χ3v) is 3.18. The van der Waals surface area contributed by atoms with Crippen LogP contribution in [0.4, 0.5) is 4.39 Å². The largest absolute Gasteiger partial charge is 0.266 e. The van der Waals surface area contributed by atoms with Crippen LogP contribution < -0.4 is 0 Å². The Morgan fingerprint density at radius 3 is 2.94 bits per heavy atom. The van der Waals surface area contributed by atoms with Gasteiger partial charge in [-0.25, -0.2) is 4.39 Å². The summed E-state index contributed by atoms with van der Waals surface area (Å²) in [6, 6.07) is 5.47. The molecule has 0 saturated carbocycles. The minimum Gasteiger partial charge on any atom is -0.266 e. The van der Waals surface area contributed by atoms with E-state index in [9.17, 15) is 4.39 Å². The third kappa shape index (κ3) is 1.84. The van der Waals surface area contributed by atoms with Crippen molar-refractivity contribution < 1.29 is 4.39 Å². The normalized spacial score (nSPS) is 15.4. The average Bonchev–Trinajstić information content (AvgIpc) is 2.56. The Labute approximate surface area is 99.3 Å². The molecule has 1 aliphatic heterocycles. The molecule has 0 unspecified atom stereocenters. The maximum atomic E-state index is 14.3. The lowest BCUT2D eigenvalue weighted by molar-refractivity contribution is 0.566. The van der Waals surface area contributed by atoms with Crippen LogP contribution in [0.1, 0.15) is 25.0 Å². The van der Waals surface area contributed by atoms with Crippen LogP contribution >= 0.6 is 0 Å². The van der Waals surface area contributed by atoms with Gasteiger partial charge in [-0.1, -0.05) is 12.5 Å². The van der Waals surface area contributed by atoms with Crippen LogP contribution in [0.5, 0.6) is 0 Å². The summed E-state index contributed by atoms with van der Waals surface area (Å²) in [5, 5.41) is 4.36. The SMILES string of the molecule is Fc1c(-c2ccccn2)nn2c1CCCCC2. The molecule has 3 nitrogen and oxygen atoms in total. The molecule has 88 valence electrons. The first-order valence-electron chi connectivity index (χ1n) is 6.03. The molecule has 1 aliphatic rings. The molecule has 0 atom stereocenters. The molecule has 3 rings (SSSR count). The van der Waals surface area contributed by atoms with Gasteiger partial charge in [0.05, 0.1) is 11.4 Å². The highest BCUT2D eigenvalue weighted by molar-refractivity contribution is 5.55. The number of rotatable bonds is 1. The first kappa shape index (κ1) is 10.4. The van der Waals surface area contributed by atoms with Crippen LogP contribution in [0, 0.1) is 5.82 Å². The summed E-state index contributed by atoms with van der Waals surface area (Å²) in [5.74, 6) is -0.189. The van der Waals surface area contributed by atoms with Gasteiger partial charge in [-0.2, -0.15) is 5.10 Å². The molecule has 0 aromatic carbocycles. The second kappa shape index (κ2) is 4.28. The Morgan fingerprint density at radius 2 is 2.12 bits per heavy atom. The van der Waals surface area contributed by atoms with Crippen molar-refractivity contribution in [1.82, 2.24) is 14.8 Å². The zero-order chi connectivity index (χ0) is 11.7. The fourth-order valence-electron chi connectivity index (χ4n) is 2.30. The van der Waals surface area contributed by atoms with Crippen molar-refractivity contribution in [2.24, 2.45) is 0 Å². The van der Waals surface area contributed by atoms with Crippen molar-refractivity contribution in [2.45, 2.75) is 32.2 Å². The lowest BCUT2D eigenvalue weighted by atomic mass is 10.1. The molecule has 0 bridgehead atoms. The molecule has 4 heteroatoms. The summed E-state index contributed by atoms with van der Waals surface area (Å²) in [7, 11) is 0. The second-order valence-electron chi connectivity index (χ2n) is 4.36. The van der Waals surface area contributed by atoms with Crippen LogP contribution in [0.25, 0.3) is 11.4 Å². The lowest BCUT2D eigenvalue weighted by Crippen LogP contribution is -2.02. The van der Waals surface area contributed by atoms with Gasteiger partial charge in [0.25, 0.3) is 0 Å². The van der Waals surface area contributed by atoms with E-state index in [-0.39, 0.29) is 5.82 Å². The maximum Gasteiger partial charge on any atom is 0.173 e. The zero-order valence-electron chi connectivity index (χ0n) is 9.56. The Bertz CT molecular complexity index is 519. The van der Waals surface area contributed by atoms with Crippen molar-refractivity contribution in [3.8, 4) is 11.4 Å². The molecular weight excluding hydrogens is 217 g/mol. The molecule has 0 radical (unpaired) electrons. The number of aryl methyl sites for hydroxylation is 1. The van der Waals surface area contributed by atoms with E-state index in [0.717, 1.165) is 37.9 Å². The second-order valence-corrected chi connectivity index (χ2v) is 4.36. The topological polar surface area (TPSA) is 30.7 Å². The molecule has 0 aliphatic carbocycles. The molecule has 0 fully saturated rings. The first-order chi connectivity index (χ1) is 8.36. The molecule has 17 heavy (non-hydrogen) atoms. The van der Waals surface area contributed by atoms with Crippen LogP contribution in [0.2, 0.25) is 0 Å². The zero-order valence-corrected chi connectivity index (χ0v) is 9.56. The number of hydrogen-bond acceptors (Lipinski definition) is 2. The van der Waals surface area contributed by atoms with Crippen LogP contribution in [0.15, 0.2) is 24.4 Å². The summed E-state index contributed by atoms with van der Waals surface area (Å²) in [6.07, 6.45) is 5.73. The summed E-state index contributed by atoms with van der Waals surface area (Å²) < 4.78 is 16.1. The minimum absolute atomic E-state index is 0.189. The highest BCUT2D eigenvalue weighted by atomic mass is 19.1. The summed E-state index contributed by atoms with van der Waals surface area (Å²) in [4.78, 5) is 4.16. The predicted octanol–water partition coefficient (Wildman–Crippen LogP) is 2.81. The van der Waals surface area contributed by atoms with E-state index >= 15 is 0 Å². The molecule has 2 aromatic heterocycles. The van der Waals surface area contributed by atoms with E-state index in [1.54, 1.807) is 12.3 Å². The number of fused-ring (bicyclic) bond motifs is 1. The first-order valence-corrected chi connectivity index (χ1v) is 6.03. The van der Waals surface area contributed by atoms with Gasteiger partial charge >= 0.3 is 0 Å². The fraction of sp³-hybridized carbons (Fsp3) is 0.385. The van der Waals surface area contributed by atoms with E-state index in [2.05, 4.69) is 10.1 Å². The Kier molecular flexibility index (Phi) is 2.63. The van der Waals surface area contributed by atoms with Crippen molar-refractivity contribution >= 4 is 0 Å². The van der Waals surface area contributed by atoms with E-state index in [1.807, 2.05) is 16.8 Å². The predicted molar refractivity (Wildman–Crippen MR) is 63.0 cm³/mol. The summed E-state index contributed by atoms with van der Waals surface area (Å²) in [5.41, 5.74) is 1.75. The summed E-state index contributed by atoms with van der Waals surface area (Å²) >= 11 is 0. The van der Waals surface area contributed by atoms with Crippen molar-refractivity contribution in [1.29, 1.82) is 0 Å². The van der Waals surface area contributed by atoms with Crippen LogP contribution in [-0.2, 0) is 13.0 Å². The smallest absolute Gasteiger partial charge is 0.173 e. The van der Waals surface area contributed by atoms with Gasteiger partial charge in [0.1, 0.15) is 5.69 Å². The molecule has 3 heterocycles. The van der Waals surface area contributed by atoms with Crippen LogP contribution in [-0.4, -0.2) is 14.8 Å². The third-order valence-electron chi connectivity index (χ3n) is 3.18. The highest BCUT2D eigenvalue weighted by Crippen LogP contribution is 2.25. The van der Waals surface area contributed by atoms with Gasteiger partial charge < -0.3 is 0 Å². The molecule has 0 spiro atoms. The number of pyridine rings is 1. The summed E-state index contributed by atoms with van der Waals surface area (Å²) in [6.45, 7) is 0.819. The Morgan fingerprint density at radius 1 is 1.18 bits per heavy atom. The van der Waals surface area contributed by atoms with E-state index < -0.39 is 0 Å². The molecular formula is C13H14FN3. The number of nitrogens with zero attached hydrogens (tertiary/aromatic N) is 3. The monoisotopic (exact) mass is 231 g/mol. The standard InChI is InChI=1S/C13H14FN3/c14-12-11-7-2-1-5-9-17(11)16-13(12)10-6-3-4-8-15-10/h3-4,6,8H,1-2,5,7,9H2. The van der Waals surface area contributed by atoms with Crippen molar-refractivity contribution in [3.63, 3.8) is 0 Å². The van der Waals surface area contributed by atoms with Gasteiger partial charge in [-0.15, -0.1) is 0 Å². The quantitative estimate of drug-likeness (QED) is 0.755. The molecule has 0 saturated heterocycles. The van der Waals surface area contributed by atoms with Gasteiger partial charge in [-0.05, 0) is 31.4 Å². The molecule has 0 amide bonds. The minimum atomic E-state index is -0.189. The number of hydrogen-bond donors (Lipinski definition) is 0. The van der Waals surface area contributed by atoms with Crippen molar-refractivity contribution in [3.05, 3.63) is 35.9 Å². The molecule has 0 N–H and O–H groups in total. The van der Waals surface area contributed by atoms with E-state index in [4.69, 9.17) is 0 Å². The highest BCUT2D eigenvalue weighted by Gasteiger charge is 2.20. The van der Waals surface area contributed by atoms with Gasteiger partial charge in [0.2, 0.25) is 0 Å². The van der Waals surface area contributed by atoms with E-state index in [1.165, 1.54) is 0 Å². The Balaban J connectivity index is 2.08. The van der Waals surface area contributed by atoms with Gasteiger partial charge in [0, 0.05) is 12.7 Å².